The number of rotatable bonds is 3. The number of hydrogen-bond acceptors (Lipinski definition) is 3. The quantitative estimate of drug-likeness (QED) is 0.830. The van der Waals surface area contributed by atoms with E-state index in [9.17, 15) is 14.0 Å². The van der Waals surface area contributed by atoms with E-state index >= 15 is 0 Å². The van der Waals surface area contributed by atoms with E-state index in [4.69, 9.17) is 5.73 Å². The van der Waals surface area contributed by atoms with Gasteiger partial charge in [-0.1, -0.05) is 6.07 Å². The van der Waals surface area contributed by atoms with E-state index < -0.39 is 17.8 Å². The average molecular weight is 293 g/mol. The molecule has 1 fully saturated rings. The monoisotopic (exact) mass is 293 g/mol. The van der Waals surface area contributed by atoms with Gasteiger partial charge in [0.1, 0.15) is 11.9 Å². The van der Waals surface area contributed by atoms with Crippen LogP contribution in [0.2, 0.25) is 0 Å². The van der Waals surface area contributed by atoms with Crippen LogP contribution in [-0.4, -0.2) is 35.8 Å². The van der Waals surface area contributed by atoms with Crippen LogP contribution < -0.4 is 11.1 Å². The SMILES string of the molecule is CC(NC(=O)c1cccc(F)c1N)C(=O)N1CCCCC1. The van der Waals surface area contributed by atoms with Crippen LogP contribution in [0.1, 0.15) is 36.5 Å². The number of nitrogen functional groups attached to an aromatic ring is 1. The van der Waals surface area contributed by atoms with Crippen LogP contribution in [0.3, 0.4) is 0 Å². The summed E-state index contributed by atoms with van der Waals surface area (Å²) in [6.45, 7) is 3.08. The maximum Gasteiger partial charge on any atom is 0.254 e. The second kappa shape index (κ2) is 6.56. The van der Waals surface area contributed by atoms with Crippen LogP contribution in [0.5, 0.6) is 0 Å². The molecule has 6 heteroatoms. The third-order valence-electron chi connectivity index (χ3n) is 3.68. The fourth-order valence-corrected chi connectivity index (χ4v) is 2.46. The van der Waals surface area contributed by atoms with E-state index in [2.05, 4.69) is 5.32 Å². The predicted octanol–water partition coefficient (Wildman–Crippen LogP) is 1.54. The minimum Gasteiger partial charge on any atom is -0.396 e. The van der Waals surface area contributed by atoms with Crippen molar-refractivity contribution in [3.8, 4) is 0 Å². The van der Waals surface area contributed by atoms with Crippen LogP contribution in [-0.2, 0) is 4.79 Å². The van der Waals surface area contributed by atoms with Gasteiger partial charge in [0.05, 0.1) is 11.3 Å². The number of amides is 2. The summed E-state index contributed by atoms with van der Waals surface area (Å²) >= 11 is 0. The van der Waals surface area contributed by atoms with Gasteiger partial charge in [-0.15, -0.1) is 0 Å². The lowest BCUT2D eigenvalue weighted by atomic mass is 10.1. The molecule has 1 unspecified atom stereocenters. The molecule has 21 heavy (non-hydrogen) atoms. The van der Waals surface area contributed by atoms with Crippen LogP contribution >= 0.6 is 0 Å². The summed E-state index contributed by atoms with van der Waals surface area (Å²) in [4.78, 5) is 26.1. The number of anilines is 1. The molecule has 0 radical (unpaired) electrons. The highest BCUT2D eigenvalue weighted by atomic mass is 19.1. The van der Waals surface area contributed by atoms with E-state index in [1.165, 1.54) is 18.2 Å². The summed E-state index contributed by atoms with van der Waals surface area (Å²) in [7, 11) is 0. The molecule has 1 aromatic carbocycles. The summed E-state index contributed by atoms with van der Waals surface area (Å²) in [5.41, 5.74) is 5.40. The molecule has 5 nitrogen and oxygen atoms in total. The molecule has 0 saturated carbocycles. The van der Waals surface area contributed by atoms with Gasteiger partial charge >= 0.3 is 0 Å². The maximum absolute atomic E-state index is 13.3. The summed E-state index contributed by atoms with van der Waals surface area (Å²) in [5, 5.41) is 2.58. The second-order valence-corrected chi connectivity index (χ2v) is 5.28. The Bertz CT molecular complexity index is 542. The van der Waals surface area contributed by atoms with Crippen molar-refractivity contribution >= 4 is 17.5 Å². The molecule has 1 heterocycles. The van der Waals surface area contributed by atoms with Crippen LogP contribution in [0.4, 0.5) is 10.1 Å². The van der Waals surface area contributed by atoms with Crippen molar-refractivity contribution in [1.82, 2.24) is 10.2 Å². The Kier molecular flexibility index (Phi) is 4.77. The minimum atomic E-state index is -0.654. The van der Waals surface area contributed by atoms with Gasteiger partial charge in [0.2, 0.25) is 5.91 Å². The number of benzene rings is 1. The van der Waals surface area contributed by atoms with Crippen LogP contribution in [0.15, 0.2) is 18.2 Å². The number of nitrogens with two attached hydrogens (primary N) is 1. The smallest absolute Gasteiger partial charge is 0.254 e. The number of para-hydroxylation sites is 1. The summed E-state index contributed by atoms with van der Waals surface area (Å²) in [5.74, 6) is -1.29. The zero-order valence-corrected chi connectivity index (χ0v) is 12.1. The topological polar surface area (TPSA) is 75.4 Å². The van der Waals surface area contributed by atoms with E-state index in [0.717, 1.165) is 32.4 Å². The van der Waals surface area contributed by atoms with E-state index in [1.807, 2.05) is 0 Å². The largest absolute Gasteiger partial charge is 0.396 e. The highest BCUT2D eigenvalue weighted by molar-refractivity contribution is 6.01. The van der Waals surface area contributed by atoms with Gasteiger partial charge in [0, 0.05) is 13.1 Å². The van der Waals surface area contributed by atoms with Crippen molar-refractivity contribution in [2.75, 3.05) is 18.8 Å². The van der Waals surface area contributed by atoms with E-state index in [1.54, 1.807) is 11.8 Å². The molecule has 1 atom stereocenters. The van der Waals surface area contributed by atoms with E-state index in [0.29, 0.717) is 0 Å². The maximum atomic E-state index is 13.3. The molecule has 114 valence electrons. The number of carbonyl (C=O) groups excluding carboxylic acids is 2. The molecule has 0 bridgehead atoms. The first-order valence-corrected chi connectivity index (χ1v) is 7.14. The Morgan fingerprint density at radius 1 is 1.29 bits per heavy atom. The van der Waals surface area contributed by atoms with Crippen molar-refractivity contribution in [1.29, 1.82) is 0 Å². The van der Waals surface area contributed by atoms with Gasteiger partial charge in [0.25, 0.3) is 5.91 Å². The first-order chi connectivity index (χ1) is 10.0. The normalized spacial score (nSPS) is 16.4. The Balaban J connectivity index is 2.01. The van der Waals surface area contributed by atoms with Crippen molar-refractivity contribution in [3.63, 3.8) is 0 Å². The predicted molar refractivity (Wildman–Crippen MR) is 78.2 cm³/mol. The molecule has 3 N–H and O–H groups in total. The Hall–Kier alpha value is -2.11. The first kappa shape index (κ1) is 15.3. The minimum absolute atomic E-state index is 0.0493. The fourth-order valence-electron chi connectivity index (χ4n) is 2.46. The molecule has 1 saturated heterocycles. The lowest BCUT2D eigenvalue weighted by Crippen LogP contribution is -2.48. The summed E-state index contributed by atoms with van der Waals surface area (Å²) < 4.78 is 13.3. The average Bonchev–Trinajstić information content (AvgIpc) is 2.50. The van der Waals surface area contributed by atoms with Crippen molar-refractivity contribution in [3.05, 3.63) is 29.6 Å². The number of likely N-dealkylation sites (tertiary alicyclic amines) is 1. The summed E-state index contributed by atoms with van der Waals surface area (Å²) in [6, 6.07) is 3.39. The number of hydrogen-bond donors (Lipinski definition) is 2. The molecule has 0 aromatic heterocycles. The number of carbonyl (C=O) groups is 2. The Morgan fingerprint density at radius 2 is 1.95 bits per heavy atom. The Morgan fingerprint density at radius 3 is 2.62 bits per heavy atom. The second-order valence-electron chi connectivity index (χ2n) is 5.28. The molecular formula is C15H20FN3O2. The first-order valence-electron chi connectivity index (χ1n) is 7.14. The van der Waals surface area contributed by atoms with Gasteiger partial charge < -0.3 is 16.0 Å². The fraction of sp³-hybridized carbons (Fsp3) is 0.467. The molecule has 1 aliphatic rings. The van der Waals surface area contributed by atoms with Crippen LogP contribution in [0, 0.1) is 5.82 Å². The highest BCUT2D eigenvalue weighted by Gasteiger charge is 2.24. The zero-order valence-electron chi connectivity index (χ0n) is 12.1. The zero-order chi connectivity index (χ0) is 15.4. The van der Waals surface area contributed by atoms with Gasteiger partial charge in [-0.05, 0) is 38.3 Å². The molecule has 1 aliphatic heterocycles. The molecule has 2 rings (SSSR count). The number of halogens is 1. The van der Waals surface area contributed by atoms with Crippen molar-refractivity contribution in [2.24, 2.45) is 0 Å². The standard InChI is InChI=1S/C15H20FN3O2/c1-10(15(21)19-8-3-2-4-9-19)18-14(20)11-6-5-7-12(16)13(11)17/h5-7,10H,2-4,8-9,17H2,1H3,(H,18,20). The third-order valence-corrected chi connectivity index (χ3v) is 3.68. The highest BCUT2D eigenvalue weighted by Crippen LogP contribution is 2.16. The van der Waals surface area contributed by atoms with E-state index in [-0.39, 0.29) is 17.2 Å². The van der Waals surface area contributed by atoms with Gasteiger partial charge in [0.15, 0.2) is 0 Å². The lowest BCUT2D eigenvalue weighted by Gasteiger charge is -2.29. The van der Waals surface area contributed by atoms with Crippen molar-refractivity contribution in [2.45, 2.75) is 32.2 Å². The van der Waals surface area contributed by atoms with Crippen LogP contribution in [0.25, 0.3) is 0 Å². The molecule has 0 aliphatic carbocycles. The number of nitrogens with one attached hydrogen (secondary N) is 1. The molecular weight excluding hydrogens is 273 g/mol. The molecule has 2 amide bonds. The summed E-state index contributed by atoms with van der Waals surface area (Å²) in [6.07, 6.45) is 3.11. The van der Waals surface area contributed by atoms with Gasteiger partial charge in [-0.3, -0.25) is 9.59 Å². The number of nitrogens with zero attached hydrogens (tertiary/aromatic N) is 1. The lowest BCUT2D eigenvalue weighted by molar-refractivity contribution is -0.133. The molecule has 1 aromatic rings. The van der Waals surface area contributed by atoms with Gasteiger partial charge in [-0.25, -0.2) is 4.39 Å². The van der Waals surface area contributed by atoms with Gasteiger partial charge in [-0.2, -0.15) is 0 Å². The Labute approximate surface area is 123 Å². The third kappa shape index (κ3) is 3.51. The number of piperidine rings is 1. The van der Waals surface area contributed by atoms with Crippen molar-refractivity contribution < 1.29 is 14.0 Å². The molecule has 0 spiro atoms.